The van der Waals surface area contributed by atoms with E-state index < -0.39 is 5.41 Å². The lowest BCUT2D eigenvalue weighted by molar-refractivity contribution is -0.122. The van der Waals surface area contributed by atoms with Crippen LogP contribution in [0.5, 0.6) is 0 Å². The van der Waals surface area contributed by atoms with Crippen molar-refractivity contribution in [3.8, 4) is 5.69 Å². The molecule has 0 N–H and O–H groups in total. The zero-order valence-electron chi connectivity index (χ0n) is 15.1. The smallest absolute Gasteiger partial charge is 0.141 e. The molecule has 3 aromatic rings. The Balaban J connectivity index is 1.77. The highest BCUT2D eigenvalue weighted by molar-refractivity contribution is 5.90. The van der Waals surface area contributed by atoms with Crippen LogP contribution in [0.25, 0.3) is 5.69 Å². The molecule has 0 aliphatic heterocycles. The molecule has 5 heteroatoms. The van der Waals surface area contributed by atoms with Crippen LogP contribution < -0.4 is 0 Å². The second-order valence-corrected chi connectivity index (χ2v) is 7.11. The summed E-state index contributed by atoms with van der Waals surface area (Å²) in [5, 5.41) is 4.72. The topological polar surface area (TPSA) is 47.8 Å². The molecule has 0 saturated heterocycles. The number of aromatic nitrogens is 3. The maximum Gasteiger partial charge on any atom is 0.141 e. The molecule has 4 nitrogen and oxygen atoms in total. The first kappa shape index (κ1) is 16.6. The number of Topliss-reactive ketones (excluding diaryl/α,β-unsaturated/α-hetero) is 1. The van der Waals surface area contributed by atoms with E-state index in [-0.39, 0.29) is 11.6 Å². The van der Waals surface area contributed by atoms with Crippen LogP contribution in [0.1, 0.15) is 34.9 Å². The second kappa shape index (κ2) is 5.87. The number of pyridine rings is 1. The van der Waals surface area contributed by atoms with Crippen LogP contribution in [0.4, 0.5) is 4.39 Å². The zero-order valence-corrected chi connectivity index (χ0v) is 15.1. The lowest BCUT2D eigenvalue weighted by Crippen LogP contribution is -2.36. The van der Waals surface area contributed by atoms with Gasteiger partial charge in [-0.15, -0.1) is 0 Å². The molecule has 1 atom stereocenters. The van der Waals surface area contributed by atoms with E-state index in [1.54, 1.807) is 32.3 Å². The Kier molecular flexibility index (Phi) is 3.75. The minimum Gasteiger partial charge on any atom is -0.299 e. The van der Waals surface area contributed by atoms with Crippen molar-refractivity contribution < 1.29 is 9.18 Å². The van der Waals surface area contributed by atoms with Crippen molar-refractivity contribution in [1.29, 1.82) is 0 Å². The van der Waals surface area contributed by atoms with Gasteiger partial charge in [0.1, 0.15) is 11.6 Å². The summed E-state index contributed by atoms with van der Waals surface area (Å²) in [6, 6.07) is 6.91. The fourth-order valence-corrected chi connectivity index (χ4v) is 4.02. The lowest BCUT2D eigenvalue weighted by Gasteiger charge is -2.28. The van der Waals surface area contributed by atoms with Crippen LogP contribution in [0, 0.1) is 19.7 Å². The molecule has 26 heavy (non-hydrogen) atoms. The first-order chi connectivity index (χ1) is 12.4. The third-order valence-corrected chi connectivity index (χ3v) is 5.53. The van der Waals surface area contributed by atoms with Crippen LogP contribution in [-0.4, -0.2) is 20.5 Å². The largest absolute Gasteiger partial charge is 0.299 e. The van der Waals surface area contributed by atoms with Crippen LogP contribution in [0.2, 0.25) is 0 Å². The van der Waals surface area contributed by atoms with Gasteiger partial charge < -0.3 is 0 Å². The lowest BCUT2D eigenvalue weighted by atomic mass is 9.73. The number of halogens is 1. The number of benzene rings is 1. The number of hydrogen-bond donors (Lipinski definition) is 0. The summed E-state index contributed by atoms with van der Waals surface area (Å²) < 4.78 is 16.0. The van der Waals surface area contributed by atoms with Crippen molar-refractivity contribution in [3.63, 3.8) is 0 Å². The van der Waals surface area contributed by atoms with Crippen molar-refractivity contribution in [3.05, 3.63) is 76.6 Å². The number of carbonyl (C=O) groups excluding carboxylic acids is 1. The molecule has 0 spiro atoms. The van der Waals surface area contributed by atoms with E-state index in [4.69, 9.17) is 5.10 Å². The minimum atomic E-state index is -0.726. The summed E-state index contributed by atoms with van der Waals surface area (Å²) in [5.41, 5.74) is 4.55. The number of aryl methyl sites for hydroxylation is 1. The van der Waals surface area contributed by atoms with Gasteiger partial charge in [-0.3, -0.25) is 9.78 Å². The second-order valence-electron chi connectivity index (χ2n) is 7.11. The van der Waals surface area contributed by atoms with E-state index in [9.17, 15) is 9.18 Å². The van der Waals surface area contributed by atoms with Crippen molar-refractivity contribution >= 4 is 5.78 Å². The number of carbonyl (C=O) groups is 1. The summed E-state index contributed by atoms with van der Waals surface area (Å²) in [5.74, 6) is -0.221. The van der Waals surface area contributed by atoms with Crippen molar-refractivity contribution in [2.24, 2.45) is 0 Å². The Labute approximate surface area is 151 Å². The Bertz CT molecular complexity index is 998. The SMILES string of the molecule is CC(=O)[C@@]1(c2cccc(F)c2C)Cc2cn(-c3ccncc3C)nc2C1. The molecule has 132 valence electrons. The van der Waals surface area contributed by atoms with Crippen LogP contribution in [0.15, 0.2) is 42.9 Å². The van der Waals surface area contributed by atoms with Gasteiger partial charge in [0.15, 0.2) is 0 Å². The summed E-state index contributed by atoms with van der Waals surface area (Å²) in [4.78, 5) is 16.8. The summed E-state index contributed by atoms with van der Waals surface area (Å²) in [6.45, 7) is 5.33. The minimum absolute atomic E-state index is 0.0517. The van der Waals surface area contributed by atoms with Gasteiger partial charge in [0.25, 0.3) is 0 Å². The summed E-state index contributed by atoms with van der Waals surface area (Å²) >= 11 is 0. The van der Waals surface area contributed by atoms with Crippen LogP contribution >= 0.6 is 0 Å². The standard InChI is InChI=1S/C21H20FN3O/c1-13-11-23-8-7-20(13)25-12-16-9-21(15(3)26,10-19(16)24-25)17-5-4-6-18(22)14(17)2/h4-8,11-12H,9-10H2,1-3H3/t21-/m1/s1. The Morgan fingerprint density at radius 2 is 2.04 bits per heavy atom. The van der Waals surface area contributed by atoms with Crippen molar-refractivity contribution in [1.82, 2.24) is 14.8 Å². The monoisotopic (exact) mass is 349 g/mol. The van der Waals surface area contributed by atoms with E-state index >= 15 is 0 Å². The van der Waals surface area contributed by atoms with E-state index in [0.717, 1.165) is 28.1 Å². The zero-order chi connectivity index (χ0) is 18.5. The van der Waals surface area contributed by atoms with Crippen LogP contribution in [-0.2, 0) is 23.1 Å². The van der Waals surface area contributed by atoms with E-state index in [2.05, 4.69) is 4.98 Å². The predicted molar refractivity (Wildman–Crippen MR) is 97.0 cm³/mol. The number of hydrogen-bond acceptors (Lipinski definition) is 3. The van der Waals surface area contributed by atoms with Gasteiger partial charge >= 0.3 is 0 Å². The molecule has 2 aromatic heterocycles. The van der Waals surface area contributed by atoms with E-state index in [0.29, 0.717) is 18.4 Å². The van der Waals surface area contributed by atoms with Gasteiger partial charge in [0, 0.05) is 25.0 Å². The molecular weight excluding hydrogens is 329 g/mol. The molecule has 1 aromatic carbocycles. The molecule has 0 saturated carbocycles. The third kappa shape index (κ3) is 2.38. The molecule has 4 rings (SSSR count). The molecule has 0 amide bonds. The van der Waals surface area contributed by atoms with Crippen LogP contribution in [0.3, 0.4) is 0 Å². The highest BCUT2D eigenvalue weighted by Gasteiger charge is 2.45. The quantitative estimate of drug-likeness (QED) is 0.725. The molecule has 0 unspecified atom stereocenters. The fourth-order valence-electron chi connectivity index (χ4n) is 4.02. The molecular formula is C21H20FN3O. The first-order valence-corrected chi connectivity index (χ1v) is 8.67. The Hall–Kier alpha value is -2.82. The van der Waals surface area contributed by atoms with Gasteiger partial charge in [-0.25, -0.2) is 9.07 Å². The van der Waals surface area contributed by atoms with Gasteiger partial charge in [-0.1, -0.05) is 12.1 Å². The molecule has 0 radical (unpaired) electrons. The molecule has 1 aliphatic rings. The summed E-state index contributed by atoms with van der Waals surface area (Å²) in [7, 11) is 0. The van der Waals surface area contributed by atoms with Gasteiger partial charge in [-0.05, 0) is 61.6 Å². The number of nitrogens with zero attached hydrogens (tertiary/aromatic N) is 3. The third-order valence-electron chi connectivity index (χ3n) is 5.53. The Morgan fingerprint density at radius 3 is 2.73 bits per heavy atom. The Morgan fingerprint density at radius 1 is 1.23 bits per heavy atom. The molecule has 2 heterocycles. The number of fused-ring (bicyclic) bond motifs is 1. The van der Waals surface area contributed by atoms with Gasteiger partial charge in [0.2, 0.25) is 0 Å². The van der Waals surface area contributed by atoms with Crippen molar-refractivity contribution in [2.75, 3.05) is 0 Å². The molecule has 0 fully saturated rings. The first-order valence-electron chi connectivity index (χ1n) is 8.67. The van der Waals surface area contributed by atoms with Crippen molar-refractivity contribution in [2.45, 2.75) is 39.0 Å². The maximum absolute atomic E-state index is 14.1. The van der Waals surface area contributed by atoms with E-state index in [1.165, 1.54) is 6.07 Å². The van der Waals surface area contributed by atoms with E-state index in [1.807, 2.05) is 29.9 Å². The summed E-state index contributed by atoms with van der Waals surface area (Å²) in [6.07, 6.45) is 6.57. The normalized spacial score (nSPS) is 18.8. The fraction of sp³-hybridized carbons (Fsp3) is 0.286. The highest BCUT2D eigenvalue weighted by atomic mass is 19.1. The predicted octanol–water partition coefficient (Wildman–Crippen LogP) is 3.65. The highest BCUT2D eigenvalue weighted by Crippen LogP contribution is 2.42. The average molecular weight is 349 g/mol. The molecule has 1 aliphatic carbocycles. The average Bonchev–Trinajstić information content (AvgIpc) is 3.14. The molecule has 0 bridgehead atoms. The number of rotatable bonds is 3. The number of ketones is 1. The van der Waals surface area contributed by atoms with Gasteiger partial charge in [-0.2, -0.15) is 5.10 Å². The van der Waals surface area contributed by atoms with Gasteiger partial charge in [0.05, 0.1) is 16.8 Å². The maximum atomic E-state index is 14.1.